The smallest absolute Gasteiger partial charge is 0.331 e. The van der Waals surface area contributed by atoms with Gasteiger partial charge in [0.05, 0.1) is 6.54 Å². The molecule has 0 atom stereocenters. The number of aromatic nitrogens is 2. The van der Waals surface area contributed by atoms with E-state index in [2.05, 4.69) is 15.3 Å². The lowest BCUT2D eigenvalue weighted by Gasteiger charge is -2.06. The molecule has 2 aromatic rings. The summed E-state index contributed by atoms with van der Waals surface area (Å²) in [5, 5.41) is 2.67. The van der Waals surface area contributed by atoms with E-state index >= 15 is 0 Å². The largest absolute Gasteiger partial charge is 0.461 e. The van der Waals surface area contributed by atoms with Gasteiger partial charge in [0.15, 0.2) is 0 Å². The molecule has 0 aliphatic carbocycles. The first kappa shape index (κ1) is 16.4. The van der Waals surface area contributed by atoms with Crippen molar-refractivity contribution < 1.29 is 14.3 Å². The third-order valence-corrected chi connectivity index (χ3v) is 3.04. The summed E-state index contributed by atoms with van der Waals surface area (Å²) in [6.45, 7) is 2.17. The van der Waals surface area contributed by atoms with E-state index in [0.717, 1.165) is 11.1 Å². The number of nitrogens with zero attached hydrogens (tertiary/aromatic N) is 2. The Balaban J connectivity index is 1.74. The van der Waals surface area contributed by atoms with Crippen LogP contribution in [0.25, 0.3) is 5.57 Å². The second-order valence-electron chi connectivity index (χ2n) is 4.72. The molecule has 0 fully saturated rings. The Hall–Kier alpha value is -3.02. The molecule has 23 heavy (non-hydrogen) atoms. The molecule has 2 heterocycles. The lowest BCUT2D eigenvalue weighted by molar-refractivity contribution is -0.137. The number of amides is 1. The average Bonchev–Trinajstić information content (AvgIpc) is 2.60. The molecular weight excluding hydrogens is 294 g/mol. The number of esters is 1. The van der Waals surface area contributed by atoms with Crippen molar-refractivity contribution in [1.29, 1.82) is 0 Å². The molecule has 0 radical (unpaired) electrons. The molecular formula is C17H17N3O3. The van der Waals surface area contributed by atoms with Crippen molar-refractivity contribution in [1.82, 2.24) is 15.3 Å². The van der Waals surface area contributed by atoms with Crippen LogP contribution in [-0.4, -0.2) is 35.0 Å². The topological polar surface area (TPSA) is 81.2 Å². The number of rotatable bonds is 6. The van der Waals surface area contributed by atoms with Gasteiger partial charge >= 0.3 is 5.97 Å². The molecule has 0 aromatic carbocycles. The van der Waals surface area contributed by atoms with Gasteiger partial charge in [0.1, 0.15) is 6.61 Å². The zero-order chi connectivity index (χ0) is 16.5. The predicted molar refractivity (Wildman–Crippen MR) is 85.4 cm³/mol. The van der Waals surface area contributed by atoms with E-state index in [1.165, 1.54) is 6.08 Å². The normalized spacial score (nSPS) is 10.9. The quantitative estimate of drug-likeness (QED) is 0.500. The van der Waals surface area contributed by atoms with Gasteiger partial charge in [0.2, 0.25) is 0 Å². The SMILES string of the molecule is CC(=CC(=O)OCCNC(=O)c1ccncc1)c1ccncc1. The summed E-state index contributed by atoms with van der Waals surface area (Å²) in [5.74, 6) is -0.676. The molecule has 118 valence electrons. The molecule has 6 heteroatoms. The van der Waals surface area contributed by atoms with E-state index in [9.17, 15) is 9.59 Å². The monoisotopic (exact) mass is 311 g/mol. The fourth-order valence-corrected chi connectivity index (χ4v) is 1.84. The van der Waals surface area contributed by atoms with E-state index in [1.807, 2.05) is 19.1 Å². The zero-order valence-corrected chi connectivity index (χ0v) is 12.7. The molecule has 0 aliphatic rings. The molecule has 0 aliphatic heterocycles. The second-order valence-corrected chi connectivity index (χ2v) is 4.72. The fraction of sp³-hybridized carbons (Fsp3) is 0.176. The van der Waals surface area contributed by atoms with Crippen LogP contribution < -0.4 is 5.32 Å². The minimum atomic E-state index is -0.447. The van der Waals surface area contributed by atoms with Crippen molar-refractivity contribution >= 4 is 17.4 Å². The fourth-order valence-electron chi connectivity index (χ4n) is 1.84. The Morgan fingerprint density at radius 2 is 1.61 bits per heavy atom. The van der Waals surface area contributed by atoms with Gasteiger partial charge in [-0.05, 0) is 42.3 Å². The minimum absolute atomic E-state index is 0.107. The van der Waals surface area contributed by atoms with E-state index in [0.29, 0.717) is 5.56 Å². The molecule has 0 unspecified atom stereocenters. The molecule has 1 N–H and O–H groups in total. The van der Waals surface area contributed by atoms with Crippen LogP contribution in [0.5, 0.6) is 0 Å². The van der Waals surface area contributed by atoms with Crippen LogP contribution in [0, 0.1) is 0 Å². The third-order valence-electron chi connectivity index (χ3n) is 3.04. The number of carbonyl (C=O) groups excluding carboxylic acids is 2. The predicted octanol–water partition coefficient (Wildman–Crippen LogP) is 1.85. The van der Waals surface area contributed by atoms with Crippen molar-refractivity contribution in [3.63, 3.8) is 0 Å². The Kier molecular flexibility index (Phi) is 5.99. The van der Waals surface area contributed by atoms with Crippen molar-refractivity contribution in [2.24, 2.45) is 0 Å². The van der Waals surface area contributed by atoms with Crippen LogP contribution in [-0.2, 0) is 9.53 Å². The highest BCUT2D eigenvalue weighted by Gasteiger charge is 2.05. The molecule has 0 spiro atoms. The molecule has 0 saturated carbocycles. The van der Waals surface area contributed by atoms with Crippen LogP contribution in [0.4, 0.5) is 0 Å². The first-order chi connectivity index (χ1) is 11.2. The first-order valence-corrected chi connectivity index (χ1v) is 7.10. The maximum absolute atomic E-state index is 11.8. The van der Waals surface area contributed by atoms with E-state index < -0.39 is 5.97 Å². The number of pyridine rings is 2. The summed E-state index contributed by atoms with van der Waals surface area (Å²) in [5.41, 5.74) is 2.21. The lowest BCUT2D eigenvalue weighted by atomic mass is 10.1. The molecule has 1 amide bonds. The van der Waals surface area contributed by atoms with Crippen LogP contribution in [0.15, 0.2) is 55.1 Å². The van der Waals surface area contributed by atoms with Crippen LogP contribution in [0.1, 0.15) is 22.8 Å². The lowest BCUT2D eigenvalue weighted by Crippen LogP contribution is -2.27. The Morgan fingerprint density at radius 3 is 2.22 bits per heavy atom. The van der Waals surface area contributed by atoms with E-state index in [4.69, 9.17) is 4.74 Å². The third kappa shape index (κ3) is 5.35. The molecule has 2 aromatic heterocycles. The van der Waals surface area contributed by atoms with Gasteiger partial charge in [-0.25, -0.2) is 4.79 Å². The maximum atomic E-state index is 11.8. The number of hydrogen-bond donors (Lipinski definition) is 1. The van der Waals surface area contributed by atoms with E-state index in [1.54, 1.807) is 36.9 Å². The van der Waals surface area contributed by atoms with Crippen molar-refractivity contribution in [2.45, 2.75) is 6.92 Å². The highest BCUT2D eigenvalue weighted by molar-refractivity contribution is 5.94. The zero-order valence-electron chi connectivity index (χ0n) is 12.7. The van der Waals surface area contributed by atoms with Crippen LogP contribution >= 0.6 is 0 Å². The van der Waals surface area contributed by atoms with Gasteiger partial charge in [-0.3, -0.25) is 14.8 Å². The minimum Gasteiger partial charge on any atom is -0.461 e. The van der Waals surface area contributed by atoms with Gasteiger partial charge in [0, 0.05) is 36.4 Å². The number of allylic oxidation sites excluding steroid dienone is 1. The van der Waals surface area contributed by atoms with Gasteiger partial charge in [-0.15, -0.1) is 0 Å². The Morgan fingerprint density at radius 1 is 1.04 bits per heavy atom. The van der Waals surface area contributed by atoms with E-state index in [-0.39, 0.29) is 19.1 Å². The summed E-state index contributed by atoms with van der Waals surface area (Å²) in [4.78, 5) is 31.2. The van der Waals surface area contributed by atoms with Crippen molar-refractivity contribution in [2.75, 3.05) is 13.2 Å². The Bertz CT molecular complexity index is 685. The maximum Gasteiger partial charge on any atom is 0.331 e. The van der Waals surface area contributed by atoms with Gasteiger partial charge < -0.3 is 10.1 Å². The summed E-state index contributed by atoms with van der Waals surface area (Å²) in [6.07, 6.45) is 7.82. The van der Waals surface area contributed by atoms with Gasteiger partial charge in [-0.2, -0.15) is 0 Å². The summed E-state index contributed by atoms with van der Waals surface area (Å²) < 4.78 is 5.06. The molecule has 0 saturated heterocycles. The molecule has 0 bridgehead atoms. The standard InChI is InChI=1S/C17H17N3O3/c1-13(14-2-6-18-7-3-14)12-16(21)23-11-10-20-17(22)15-4-8-19-9-5-15/h2-9,12H,10-11H2,1H3,(H,20,22). The van der Waals surface area contributed by atoms with Crippen molar-refractivity contribution in [3.05, 3.63) is 66.3 Å². The summed E-state index contributed by atoms with van der Waals surface area (Å²) in [6, 6.07) is 6.85. The number of nitrogens with one attached hydrogen (secondary N) is 1. The number of hydrogen-bond acceptors (Lipinski definition) is 5. The first-order valence-electron chi connectivity index (χ1n) is 7.10. The summed E-state index contributed by atoms with van der Waals surface area (Å²) >= 11 is 0. The summed E-state index contributed by atoms with van der Waals surface area (Å²) in [7, 11) is 0. The highest BCUT2D eigenvalue weighted by Crippen LogP contribution is 2.11. The highest BCUT2D eigenvalue weighted by atomic mass is 16.5. The van der Waals surface area contributed by atoms with Gasteiger partial charge in [-0.1, -0.05) is 0 Å². The Labute approximate surface area is 134 Å². The average molecular weight is 311 g/mol. The number of ether oxygens (including phenoxy) is 1. The molecule has 6 nitrogen and oxygen atoms in total. The van der Waals surface area contributed by atoms with Crippen LogP contribution in [0.3, 0.4) is 0 Å². The number of carbonyl (C=O) groups is 2. The van der Waals surface area contributed by atoms with Gasteiger partial charge in [0.25, 0.3) is 5.91 Å². The molecule has 2 rings (SSSR count). The van der Waals surface area contributed by atoms with Crippen LogP contribution in [0.2, 0.25) is 0 Å². The van der Waals surface area contributed by atoms with Crippen molar-refractivity contribution in [3.8, 4) is 0 Å². The second kappa shape index (κ2) is 8.43.